The first-order valence-electron chi connectivity index (χ1n) is 3.28. The summed E-state index contributed by atoms with van der Waals surface area (Å²) in [6.07, 6.45) is 0.902. The number of halogens is 4. The van der Waals surface area contributed by atoms with Gasteiger partial charge in [0.05, 0.1) is 10.0 Å². The molecule has 0 aliphatic carbocycles. The van der Waals surface area contributed by atoms with E-state index in [0.717, 1.165) is 12.3 Å². The van der Waals surface area contributed by atoms with Gasteiger partial charge in [0, 0.05) is 6.20 Å². The Balaban J connectivity index is 3.26. The van der Waals surface area contributed by atoms with Crippen LogP contribution in [0.2, 0.25) is 10.0 Å². The average molecular weight is 242 g/mol. The normalized spacial score (nSPS) is 11.4. The Hall–Kier alpha value is -0.940. The summed E-state index contributed by atoms with van der Waals surface area (Å²) in [5.74, 6) is -6.42. The number of alkyl halides is 2. The third-order valence-electron chi connectivity index (χ3n) is 1.37. The van der Waals surface area contributed by atoms with Gasteiger partial charge in [-0.2, -0.15) is 8.78 Å². The topological polar surface area (TPSA) is 50.2 Å². The fourth-order valence-electron chi connectivity index (χ4n) is 0.747. The molecule has 0 fully saturated rings. The van der Waals surface area contributed by atoms with Gasteiger partial charge in [0.15, 0.2) is 0 Å². The highest BCUT2D eigenvalue weighted by Crippen LogP contribution is 2.32. The first kappa shape index (κ1) is 11.1. The lowest BCUT2D eigenvalue weighted by Crippen LogP contribution is -2.26. The van der Waals surface area contributed by atoms with Gasteiger partial charge < -0.3 is 5.11 Å². The summed E-state index contributed by atoms with van der Waals surface area (Å²) in [6, 6.07) is 1.00. The maximum atomic E-state index is 12.9. The van der Waals surface area contributed by atoms with Gasteiger partial charge in [-0.05, 0) is 6.07 Å². The van der Waals surface area contributed by atoms with E-state index >= 15 is 0 Å². The smallest absolute Gasteiger partial charge is 0.385 e. The van der Waals surface area contributed by atoms with E-state index in [-0.39, 0.29) is 5.02 Å². The van der Waals surface area contributed by atoms with Crippen molar-refractivity contribution in [1.82, 2.24) is 4.98 Å². The van der Waals surface area contributed by atoms with E-state index < -0.39 is 22.6 Å². The lowest BCUT2D eigenvalue weighted by atomic mass is 10.2. The van der Waals surface area contributed by atoms with Crippen molar-refractivity contribution >= 4 is 29.2 Å². The van der Waals surface area contributed by atoms with Gasteiger partial charge in [0.2, 0.25) is 0 Å². The maximum absolute atomic E-state index is 12.9. The minimum atomic E-state index is -4.11. The van der Waals surface area contributed by atoms with E-state index in [2.05, 4.69) is 4.98 Å². The Kier molecular flexibility index (Phi) is 2.92. The number of pyridine rings is 1. The van der Waals surface area contributed by atoms with Crippen molar-refractivity contribution < 1.29 is 18.7 Å². The zero-order valence-corrected chi connectivity index (χ0v) is 7.98. The molecule has 1 rings (SSSR count). The molecule has 0 radical (unpaired) electrons. The van der Waals surface area contributed by atoms with Gasteiger partial charge in [0.25, 0.3) is 0 Å². The van der Waals surface area contributed by atoms with Crippen LogP contribution in [0.4, 0.5) is 8.78 Å². The molecule has 0 bridgehead atoms. The van der Waals surface area contributed by atoms with Crippen LogP contribution in [0.1, 0.15) is 5.69 Å². The number of carboxylic acid groups (broad SMARTS) is 1. The molecule has 14 heavy (non-hydrogen) atoms. The van der Waals surface area contributed by atoms with Gasteiger partial charge in [-0.15, -0.1) is 0 Å². The number of hydrogen-bond donors (Lipinski definition) is 1. The van der Waals surface area contributed by atoms with E-state index in [9.17, 15) is 13.6 Å². The first-order valence-corrected chi connectivity index (χ1v) is 4.04. The first-order chi connectivity index (χ1) is 6.35. The minimum Gasteiger partial charge on any atom is -0.476 e. The van der Waals surface area contributed by atoms with Crippen molar-refractivity contribution in [2.45, 2.75) is 5.92 Å². The second kappa shape index (κ2) is 3.67. The lowest BCUT2D eigenvalue weighted by Gasteiger charge is -2.11. The molecule has 1 N–H and O–H groups in total. The van der Waals surface area contributed by atoms with Gasteiger partial charge >= 0.3 is 11.9 Å². The summed E-state index contributed by atoms with van der Waals surface area (Å²) in [5, 5.41) is 7.78. The van der Waals surface area contributed by atoms with Crippen LogP contribution in [-0.2, 0) is 10.7 Å². The molecule has 0 unspecified atom stereocenters. The molecule has 0 aliphatic heterocycles. The number of rotatable bonds is 2. The van der Waals surface area contributed by atoms with Crippen LogP contribution in [0.3, 0.4) is 0 Å². The fourth-order valence-corrected chi connectivity index (χ4v) is 1.25. The van der Waals surface area contributed by atoms with E-state index in [1.807, 2.05) is 0 Å². The molecule has 0 amide bonds. The monoisotopic (exact) mass is 241 g/mol. The summed E-state index contributed by atoms with van der Waals surface area (Å²) < 4.78 is 25.8. The number of nitrogens with zero attached hydrogens (tertiary/aromatic N) is 1. The summed E-state index contributed by atoms with van der Waals surface area (Å²) in [5.41, 5.74) is -1.02. The predicted molar refractivity (Wildman–Crippen MR) is 45.8 cm³/mol. The fraction of sp³-hybridized carbons (Fsp3) is 0.143. The van der Waals surface area contributed by atoms with Gasteiger partial charge in [-0.3, -0.25) is 4.98 Å². The number of carbonyl (C=O) groups is 1. The van der Waals surface area contributed by atoms with Crippen LogP contribution in [0, 0.1) is 0 Å². The van der Waals surface area contributed by atoms with Crippen molar-refractivity contribution in [3.63, 3.8) is 0 Å². The highest BCUT2D eigenvalue weighted by molar-refractivity contribution is 6.35. The Morgan fingerprint density at radius 2 is 2.07 bits per heavy atom. The van der Waals surface area contributed by atoms with Crippen molar-refractivity contribution in [3.05, 3.63) is 28.0 Å². The molecule has 0 atom stereocenters. The zero-order chi connectivity index (χ0) is 10.9. The molecular formula is C7H3Cl2F2NO2. The van der Waals surface area contributed by atoms with Crippen LogP contribution in [0.25, 0.3) is 0 Å². The van der Waals surface area contributed by atoms with E-state index in [0.29, 0.717) is 0 Å². The zero-order valence-electron chi connectivity index (χ0n) is 6.47. The SMILES string of the molecule is O=C(O)C(F)(F)c1ncc(Cl)cc1Cl. The van der Waals surface area contributed by atoms with Crippen LogP contribution in [-0.4, -0.2) is 16.1 Å². The molecule has 7 heteroatoms. The lowest BCUT2D eigenvalue weighted by molar-refractivity contribution is -0.166. The van der Waals surface area contributed by atoms with E-state index in [1.165, 1.54) is 0 Å². The summed E-state index contributed by atoms with van der Waals surface area (Å²) in [6.45, 7) is 0. The predicted octanol–water partition coefficient (Wildman–Crippen LogP) is 2.56. The molecule has 1 heterocycles. The highest BCUT2D eigenvalue weighted by Gasteiger charge is 2.44. The summed E-state index contributed by atoms with van der Waals surface area (Å²) in [7, 11) is 0. The van der Waals surface area contributed by atoms with Crippen LogP contribution in [0.15, 0.2) is 12.3 Å². The minimum absolute atomic E-state index is 0.0555. The molecule has 0 aromatic carbocycles. The largest absolute Gasteiger partial charge is 0.476 e. The molecule has 1 aromatic heterocycles. The third-order valence-corrected chi connectivity index (χ3v) is 1.87. The molecule has 0 spiro atoms. The number of hydrogen-bond acceptors (Lipinski definition) is 2. The van der Waals surface area contributed by atoms with Gasteiger partial charge in [0.1, 0.15) is 5.69 Å². The highest BCUT2D eigenvalue weighted by atomic mass is 35.5. The quantitative estimate of drug-likeness (QED) is 0.866. The van der Waals surface area contributed by atoms with Crippen LogP contribution < -0.4 is 0 Å². The summed E-state index contributed by atoms with van der Waals surface area (Å²) >= 11 is 10.8. The van der Waals surface area contributed by atoms with Gasteiger partial charge in [-0.25, -0.2) is 4.79 Å². The van der Waals surface area contributed by atoms with E-state index in [1.54, 1.807) is 0 Å². The van der Waals surface area contributed by atoms with Crippen LogP contribution in [0.5, 0.6) is 0 Å². The molecule has 1 aromatic rings. The number of carboxylic acids is 1. The molecular weight excluding hydrogens is 239 g/mol. The third kappa shape index (κ3) is 1.93. The maximum Gasteiger partial charge on any atom is 0.385 e. The Morgan fingerprint density at radius 1 is 1.50 bits per heavy atom. The Bertz CT molecular complexity index is 384. The van der Waals surface area contributed by atoms with Crippen molar-refractivity contribution in [1.29, 1.82) is 0 Å². The van der Waals surface area contributed by atoms with Crippen LogP contribution >= 0.6 is 23.2 Å². The Morgan fingerprint density at radius 3 is 2.50 bits per heavy atom. The Labute approximate surface area is 87.3 Å². The van der Waals surface area contributed by atoms with Crippen molar-refractivity contribution in [3.8, 4) is 0 Å². The number of aromatic nitrogens is 1. The van der Waals surface area contributed by atoms with Crippen molar-refractivity contribution in [2.24, 2.45) is 0 Å². The second-order valence-electron chi connectivity index (χ2n) is 2.36. The molecule has 0 aliphatic rings. The second-order valence-corrected chi connectivity index (χ2v) is 3.21. The number of aliphatic carboxylic acids is 1. The average Bonchev–Trinajstić information content (AvgIpc) is 2.02. The summed E-state index contributed by atoms with van der Waals surface area (Å²) in [4.78, 5) is 13.4. The van der Waals surface area contributed by atoms with E-state index in [4.69, 9.17) is 28.3 Å². The van der Waals surface area contributed by atoms with Crippen molar-refractivity contribution in [2.75, 3.05) is 0 Å². The molecule has 0 saturated carbocycles. The van der Waals surface area contributed by atoms with Gasteiger partial charge in [-0.1, -0.05) is 23.2 Å². The molecule has 0 saturated heterocycles. The standard InChI is InChI=1S/C7H3Cl2F2NO2/c8-3-1-4(9)5(12-2-3)7(10,11)6(13)14/h1-2H,(H,13,14). The molecule has 3 nitrogen and oxygen atoms in total. The molecule has 76 valence electrons.